The summed E-state index contributed by atoms with van der Waals surface area (Å²) in [4.78, 5) is 12.8. The van der Waals surface area contributed by atoms with E-state index in [1.807, 2.05) is 13.8 Å². The highest BCUT2D eigenvalue weighted by atomic mass is 16.5. The Morgan fingerprint density at radius 1 is 0.950 bits per heavy atom. The monoisotopic (exact) mass is 281 g/mol. The zero-order valence-electron chi connectivity index (χ0n) is 13.4. The van der Waals surface area contributed by atoms with Crippen LogP contribution in [0, 0.1) is 5.92 Å². The summed E-state index contributed by atoms with van der Waals surface area (Å²) in [6.07, 6.45) is 2.29. The first-order valence-corrected chi connectivity index (χ1v) is 7.27. The molecule has 0 radical (unpaired) electrons. The molecule has 0 bridgehead atoms. The Morgan fingerprint density at radius 2 is 1.60 bits per heavy atom. The van der Waals surface area contributed by atoms with Crippen LogP contribution >= 0.6 is 0 Å². The number of nitrogens with zero attached hydrogens (tertiary/aromatic N) is 3. The fraction of sp³-hybridized carbons (Fsp3) is 0.786. The van der Waals surface area contributed by atoms with Crippen molar-refractivity contribution in [1.82, 2.24) is 15.0 Å². The lowest BCUT2D eigenvalue weighted by molar-refractivity contribution is 0.222. The largest absolute Gasteiger partial charge is 0.461 e. The Balaban J connectivity index is 2.72. The molecule has 0 spiro atoms. The number of hydrogen-bond acceptors (Lipinski definition) is 6. The van der Waals surface area contributed by atoms with Crippen LogP contribution in [0.15, 0.2) is 0 Å². The van der Waals surface area contributed by atoms with Gasteiger partial charge in [-0.2, -0.15) is 15.0 Å². The van der Waals surface area contributed by atoms with E-state index in [1.165, 1.54) is 6.42 Å². The minimum Gasteiger partial charge on any atom is -0.461 e. The SMILES string of the molecule is CNc1nc(NC(C)CCC(C)C)nc(OC(C)C)n1. The van der Waals surface area contributed by atoms with E-state index in [2.05, 4.69) is 46.4 Å². The van der Waals surface area contributed by atoms with Crippen molar-refractivity contribution >= 4 is 11.9 Å². The molecule has 1 aromatic heterocycles. The third-order valence-electron chi connectivity index (χ3n) is 2.73. The van der Waals surface area contributed by atoms with Gasteiger partial charge in [0, 0.05) is 13.1 Å². The van der Waals surface area contributed by atoms with Crippen LogP contribution in [0.25, 0.3) is 0 Å². The first-order chi connectivity index (χ1) is 9.40. The first-order valence-electron chi connectivity index (χ1n) is 7.27. The lowest BCUT2D eigenvalue weighted by atomic mass is 10.0. The average molecular weight is 281 g/mol. The fourth-order valence-corrected chi connectivity index (χ4v) is 1.67. The van der Waals surface area contributed by atoms with Crippen molar-refractivity contribution < 1.29 is 4.74 Å². The topological polar surface area (TPSA) is 72.0 Å². The minimum atomic E-state index is 0.0355. The maximum Gasteiger partial charge on any atom is 0.323 e. The normalized spacial score (nSPS) is 12.6. The van der Waals surface area contributed by atoms with Crippen molar-refractivity contribution in [3.8, 4) is 6.01 Å². The summed E-state index contributed by atoms with van der Waals surface area (Å²) in [5.74, 6) is 1.76. The molecule has 6 heteroatoms. The Morgan fingerprint density at radius 3 is 2.15 bits per heavy atom. The Hall–Kier alpha value is -1.59. The van der Waals surface area contributed by atoms with Crippen LogP contribution in [0.4, 0.5) is 11.9 Å². The number of aromatic nitrogens is 3. The summed E-state index contributed by atoms with van der Waals surface area (Å²) in [6.45, 7) is 10.5. The fourth-order valence-electron chi connectivity index (χ4n) is 1.67. The molecule has 0 fully saturated rings. The van der Waals surface area contributed by atoms with Gasteiger partial charge in [-0.25, -0.2) is 0 Å². The van der Waals surface area contributed by atoms with E-state index in [9.17, 15) is 0 Å². The van der Waals surface area contributed by atoms with Crippen LogP contribution in [-0.2, 0) is 0 Å². The number of nitrogens with one attached hydrogen (secondary N) is 2. The summed E-state index contributed by atoms with van der Waals surface area (Å²) in [7, 11) is 1.78. The second-order valence-corrected chi connectivity index (χ2v) is 5.70. The molecule has 0 aliphatic rings. The lowest BCUT2D eigenvalue weighted by Gasteiger charge is -2.16. The number of anilines is 2. The van der Waals surface area contributed by atoms with Crippen LogP contribution in [0.1, 0.15) is 47.5 Å². The molecule has 1 atom stereocenters. The number of rotatable bonds is 8. The van der Waals surface area contributed by atoms with Gasteiger partial charge in [-0.1, -0.05) is 13.8 Å². The molecular formula is C14H27N5O. The van der Waals surface area contributed by atoms with E-state index < -0.39 is 0 Å². The molecule has 6 nitrogen and oxygen atoms in total. The second-order valence-electron chi connectivity index (χ2n) is 5.70. The smallest absolute Gasteiger partial charge is 0.323 e. The second kappa shape index (κ2) is 7.87. The van der Waals surface area contributed by atoms with E-state index in [0.717, 1.165) is 6.42 Å². The van der Waals surface area contributed by atoms with E-state index in [4.69, 9.17) is 4.74 Å². The predicted molar refractivity (Wildman–Crippen MR) is 82.3 cm³/mol. The maximum absolute atomic E-state index is 5.53. The highest BCUT2D eigenvalue weighted by molar-refractivity contribution is 5.35. The van der Waals surface area contributed by atoms with Gasteiger partial charge in [0.2, 0.25) is 11.9 Å². The van der Waals surface area contributed by atoms with Crippen molar-refractivity contribution in [3.63, 3.8) is 0 Å². The van der Waals surface area contributed by atoms with Crippen molar-refractivity contribution in [2.45, 2.75) is 59.6 Å². The van der Waals surface area contributed by atoms with Crippen LogP contribution in [-0.4, -0.2) is 34.1 Å². The molecule has 1 unspecified atom stereocenters. The minimum absolute atomic E-state index is 0.0355. The van der Waals surface area contributed by atoms with Gasteiger partial charge in [0.1, 0.15) is 0 Å². The first kappa shape index (κ1) is 16.5. The van der Waals surface area contributed by atoms with Crippen molar-refractivity contribution in [2.24, 2.45) is 5.92 Å². The van der Waals surface area contributed by atoms with Crippen LogP contribution in [0.5, 0.6) is 6.01 Å². The van der Waals surface area contributed by atoms with Crippen molar-refractivity contribution in [3.05, 3.63) is 0 Å². The zero-order valence-corrected chi connectivity index (χ0v) is 13.4. The molecule has 0 aliphatic heterocycles. The Kier molecular flexibility index (Phi) is 6.48. The standard InChI is InChI=1S/C14H27N5O/c1-9(2)7-8-11(5)16-13-17-12(15-6)18-14(19-13)20-10(3)4/h9-11H,7-8H2,1-6H3,(H2,15,16,17,18,19). The molecule has 0 aliphatic carbocycles. The molecule has 20 heavy (non-hydrogen) atoms. The predicted octanol–water partition coefficient (Wildman–Crippen LogP) is 2.94. The molecule has 1 heterocycles. The van der Waals surface area contributed by atoms with E-state index >= 15 is 0 Å². The van der Waals surface area contributed by atoms with E-state index in [1.54, 1.807) is 7.05 Å². The molecule has 0 saturated carbocycles. The van der Waals surface area contributed by atoms with Crippen molar-refractivity contribution in [1.29, 1.82) is 0 Å². The summed E-state index contributed by atoms with van der Waals surface area (Å²) in [5.41, 5.74) is 0. The van der Waals surface area contributed by atoms with Crippen molar-refractivity contribution in [2.75, 3.05) is 17.7 Å². The third kappa shape index (κ3) is 6.04. The summed E-state index contributed by atoms with van der Waals surface area (Å²) in [5, 5.41) is 6.23. The molecule has 0 amide bonds. The summed E-state index contributed by atoms with van der Waals surface area (Å²) >= 11 is 0. The molecule has 1 rings (SSSR count). The van der Waals surface area contributed by atoms with Gasteiger partial charge < -0.3 is 15.4 Å². The van der Waals surface area contributed by atoms with Gasteiger partial charge in [-0.3, -0.25) is 0 Å². The lowest BCUT2D eigenvalue weighted by Crippen LogP contribution is -2.19. The third-order valence-corrected chi connectivity index (χ3v) is 2.73. The Bertz CT molecular complexity index is 409. The van der Waals surface area contributed by atoms with Crippen LogP contribution in [0.3, 0.4) is 0 Å². The quantitative estimate of drug-likeness (QED) is 0.763. The molecule has 114 valence electrons. The summed E-state index contributed by atoms with van der Waals surface area (Å²) in [6, 6.07) is 0.661. The van der Waals surface area contributed by atoms with E-state index in [-0.39, 0.29) is 6.10 Å². The van der Waals surface area contributed by atoms with Gasteiger partial charge in [-0.15, -0.1) is 0 Å². The van der Waals surface area contributed by atoms with Gasteiger partial charge in [0.15, 0.2) is 0 Å². The van der Waals surface area contributed by atoms with Gasteiger partial charge >= 0.3 is 6.01 Å². The Labute approximate surface area is 121 Å². The molecule has 0 aromatic carbocycles. The van der Waals surface area contributed by atoms with Crippen LogP contribution < -0.4 is 15.4 Å². The molecular weight excluding hydrogens is 254 g/mol. The number of ether oxygens (including phenoxy) is 1. The summed E-state index contributed by atoms with van der Waals surface area (Å²) < 4.78 is 5.53. The highest BCUT2D eigenvalue weighted by Gasteiger charge is 2.11. The molecule has 1 aromatic rings. The maximum atomic E-state index is 5.53. The van der Waals surface area contributed by atoms with Gasteiger partial charge in [-0.05, 0) is 39.5 Å². The average Bonchev–Trinajstić information content (AvgIpc) is 2.35. The highest BCUT2D eigenvalue weighted by Crippen LogP contribution is 2.15. The van der Waals surface area contributed by atoms with Gasteiger partial charge in [0.05, 0.1) is 6.10 Å². The van der Waals surface area contributed by atoms with E-state index in [0.29, 0.717) is 29.9 Å². The zero-order chi connectivity index (χ0) is 15.1. The molecule has 2 N–H and O–H groups in total. The van der Waals surface area contributed by atoms with Crippen LogP contribution in [0.2, 0.25) is 0 Å². The molecule has 0 saturated heterocycles. The van der Waals surface area contributed by atoms with Gasteiger partial charge in [0.25, 0.3) is 0 Å². The number of hydrogen-bond donors (Lipinski definition) is 2.